The van der Waals surface area contributed by atoms with E-state index in [0.29, 0.717) is 6.42 Å². The maximum Gasteiger partial charge on any atom is 0.294 e. The van der Waals surface area contributed by atoms with E-state index in [9.17, 15) is 13.5 Å². The van der Waals surface area contributed by atoms with Gasteiger partial charge in [-0.1, -0.05) is 123 Å². The molecule has 0 aliphatic rings. The van der Waals surface area contributed by atoms with Crippen LogP contribution in [0.1, 0.15) is 142 Å². The van der Waals surface area contributed by atoms with E-state index in [2.05, 4.69) is 6.92 Å². The number of unbranched alkanes of at least 4 members (excludes halogenated alkanes) is 17. The molecule has 0 bridgehead atoms. The van der Waals surface area contributed by atoms with Crippen LogP contribution >= 0.6 is 0 Å². The van der Waals surface area contributed by atoms with E-state index in [4.69, 9.17) is 4.55 Å². The van der Waals surface area contributed by atoms with E-state index < -0.39 is 15.1 Å². The van der Waals surface area contributed by atoms with Gasteiger partial charge in [-0.3, -0.25) is 4.55 Å². The van der Waals surface area contributed by atoms with Crippen molar-refractivity contribution in [1.29, 1.82) is 0 Å². The predicted octanol–water partition coefficient (Wildman–Crippen LogP) is 7.40. The third-order valence-corrected chi connectivity index (χ3v) is 7.41. The molecule has 1 atom stereocenters. The van der Waals surface area contributed by atoms with E-state index in [0.717, 1.165) is 12.8 Å². The van der Waals surface area contributed by atoms with Crippen LogP contribution < -0.4 is 0 Å². The van der Waals surface area contributed by atoms with E-state index in [1.165, 1.54) is 96.3 Å². The molecule has 0 spiro atoms. The molecule has 0 aliphatic carbocycles. The highest BCUT2D eigenvalue weighted by Crippen LogP contribution is 2.25. The first-order valence-corrected chi connectivity index (χ1v) is 13.5. The number of hydrogen-bond acceptors (Lipinski definition) is 3. The Morgan fingerprint density at radius 2 is 0.857 bits per heavy atom. The van der Waals surface area contributed by atoms with Crippen LogP contribution in [0.25, 0.3) is 0 Å². The van der Waals surface area contributed by atoms with Gasteiger partial charge in [-0.05, 0) is 19.3 Å². The Labute approximate surface area is 175 Å². The highest BCUT2D eigenvalue weighted by molar-refractivity contribution is 7.87. The summed E-state index contributed by atoms with van der Waals surface area (Å²) >= 11 is 0. The molecule has 1 unspecified atom stereocenters. The number of aliphatic hydroxyl groups is 1. The highest BCUT2D eigenvalue weighted by Gasteiger charge is 2.37. The van der Waals surface area contributed by atoms with Crippen LogP contribution in [0.5, 0.6) is 0 Å². The molecule has 4 nitrogen and oxygen atoms in total. The lowest BCUT2D eigenvalue weighted by Crippen LogP contribution is -2.37. The second-order valence-corrected chi connectivity index (χ2v) is 10.2. The Balaban J connectivity index is 3.30. The van der Waals surface area contributed by atoms with Gasteiger partial charge in [0.25, 0.3) is 10.1 Å². The summed E-state index contributed by atoms with van der Waals surface area (Å²) in [6.07, 6.45) is 23.2. The van der Waals surface area contributed by atoms with Gasteiger partial charge in [-0.25, -0.2) is 0 Å². The Morgan fingerprint density at radius 1 is 0.571 bits per heavy atom. The average molecular weight is 421 g/mol. The minimum Gasteiger partial charge on any atom is -0.372 e. The first-order chi connectivity index (χ1) is 13.4. The molecule has 0 aromatic rings. The molecular weight excluding hydrogens is 372 g/mol. The van der Waals surface area contributed by atoms with Crippen LogP contribution in [0.15, 0.2) is 0 Å². The van der Waals surface area contributed by atoms with Gasteiger partial charge in [0.05, 0.1) is 0 Å². The van der Waals surface area contributed by atoms with Gasteiger partial charge in [-0.15, -0.1) is 0 Å². The second kappa shape index (κ2) is 17.7. The molecule has 0 fully saturated rings. The van der Waals surface area contributed by atoms with Crippen LogP contribution in [0.2, 0.25) is 0 Å². The fourth-order valence-corrected chi connectivity index (χ4v) is 4.56. The Kier molecular flexibility index (Phi) is 17.6. The Bertz CT molecular complexity index is 436. The van der Waals surface area contributed by atoms with Gasteiger partial charge in [0.1, 0.15) is 0 Å². The van der Waals surface area contributed by atoms with E-state index >= 15 is 0 Å². The van der Waals surface area contributed by atoms with Crippen LogP contribution in [0.4, 0.5) is 0 Å². The van der Waals surface area contributed by atoms with Gasteiger partial charge in [0, 0.05) is 0 Å². The molecule has 0 heterocycles. The van der Waals surface area contributed by atoms with Gasteiger partial charge >= 0.3 is 0 Å². The van der Waals surface area contributed by atoms with Gasteiger partial charge in [0.15, 0.2) is 4.93 Å². The lowest BCUT2D eigenvalue weighted by molar-refractivity contribution is 0.0965. The summed E-state index contributed by atoms with van der Waals surface area (Å²) < 4.78 is 31.5. The Hall–Kier alpha value is -0.130. The van der Waals surface area contributed by atoms with Crippen molar-refractivity contribution < 1.29 is 18.1 Å². The van der Waals surface area contributed by atoms with Crippen molar-refractivity contribution in [1.82, 2.24) is 0 Å². The molecule has 0 radical (unpaired) electrons. The summed E-state index contributed by atoms with van der Waals surface area (Å²) in [6.45, 7) is 3.85. The predicted molar refractivity (Wildman–Crippen MR) is 120 cm³/mol. The van der Waals surface area contributed by atoms with E-state index in [1.807, 2.05) is 0 Å². The number of hydrogen-bond donors (Lipinski definition) is 2. The summed E-state index contributed by atoms with van der Waals surface area (Å²) in [7, 11) is -4.38. The minimum atomic E-state index is -4.38. The van der Waals surface area contributed by atoms with Crippen molar-refractivity contribution in [3.63, 3.8) is 0 Å². The third-order valence-electron chi connectivity index (χ3n) is 5.95. The molecule has 170 valence electrons. The molecule has 28 heavy (non-hydrogen) atoms. The summed E-state index contributed by atoms with van der Waals surface area (Å²) in [5, 5.41) is 9.95. The highest BCUT2D eigenvalue weighted by atomic mass is 32.2. The summed E-state index contributed by atoms with van der Waals surface area (Å²) in [4.78, 5) is -1.96. The minimum absolute atomic E-state index is 0.0325. The van der Waals surface area contributed by atoms with Crippen LogP contribution in [0.3, 0.4) is 0 Å². The lowest BCUT2D eigenvalue weighted by Gasteiger charge is -2.22. The standard InChI is InChI=1S/C23H48O4S/c1-3-5-6-7-8-9-10-11-12-13-14-15-16-17-18-19-20-21-22-23(24,4-2)28(25,26)27/h24H,3-22H2,1-2H3,(H,25,26,27). The Morgan fingerprint density at radius 3 is 1.11 bits per heavy atom. The molecule has 0 aromatic heterocycles. The van der Waals surface area contributed by atoms with Crippen LogP contribution in [-0.2, 0) is 10.1 Å². The largest absolute Gasteiger partial charge is 0.372 e. The molecule has 0 amide bonds. The van der Waals surface area contributed by atoms with Crippen molar-refractivity contribution in [2.75, 3.05) is 0 Å². The molecule has 0 aliphatic heterocycles. The SMILES string of the molecule is CCCCCCCCCCCCCCCCCCCCC(O)(CC)S(=O)(=O)O. The maximum atomic E-state index is 11.2. The van der Waals surface area contributed by atoms with Gasteiger partial charge < -0.3 is 5.11 Å². The van der Waals surface area contributed by atoms with Crippen molar-refractivity contribution in [3.05, 3.63) is 0 Å². The molecule has 0 saturated heterocycles. The molecule has 0 rings (SSSR count). The van der Waals surface area contributed by atoms with Crippen molar-refractivity contribution in [3.8, 4) is 0 Å². The monoisotopic (exact) mass is 420 g/mol. The van der Waals surface area contributed by atoms with Crippen LogP contribution in [-0.4, -0.2) is 23.0 Å². The zero-order chi connectivity index (χ0) is 21.1. The zero-order valence-corrected chi connectivity index (χ0v) is 19.6. The third kappa shape index (κ3) is 14.8. The topological polar surface area (TPSA) is 74.6 Å². The van der Waals surface area contributed by atoms with Gasteiger partial charge in [0.2, 0.25) is 0 Å². The fraction of sp³-hybridized carbons (Fsp3) is 1.00. The molecule has 0 saturated carbocycles. The quantitative estimate of drug-likeness (QED) is 0.150. The fourth-order valence-electron chi connectivity index (χ4n) is 3.79. The molecule has 5 heteroatoms. The van der Waals surface area contributed by atoms with Crippen molar-refractivity contribution in [2.24, 2.45) is 0 Å². The average Bonchev–Trinajstić information content (AvgIpc) is 2.66. The normalized spacial score (nSPS) is 14.3. The molecule has 2 N–H and O–H groups in total. The summed E-state index contributed by atoms with van der Waals surface area (Å²) in [5.41, 5.74) is 0. The summed E-state index contributed by atoms with van der Waals surface area (Å²) in [5.74, 6) is 0. The first-order valence-electron chi connectivity index (χ1n) is 12.1. The second-order valence-electron chi connectivity index (χ2n) is 8.54. The summed E-state index contributed by atoms with van der Waals surface area (Å²) in [6, 6.07) is 0. The first kappa shape index (κ1) is 27.9. The molecular formula is C23H48O4S. The molecule has 0 aromatic carbocycles. The van der Waals surface area contributed by atoms with E-state index in [1.54, 1.807) is 6.92 Å². The van der Waals surface area contributed by atoms with E-state index in [-0.39, 0.29) is 12.8 Å². The lowest BCUT2D eigenvalue weighted by atomic mass is 10.0. The smallest absolute Gasteiger partial charge is 0.294 e. The number of rotatable bonds is 21. The van der Waals surface area contributed by atoms with Crippen molar-refractivity contribution in [2.45, 2.75) is 147 Å². The van der Waals surface area contributed by atoms with Crippen LogP contribution in [0, 0.1) is 0 Å². The maximum absolute atomic E-state index is 11.2. The zero-order valence-electron chi connectivity index (χ0n) is 18.8. The van der Waals surface area contributed by atoms with Crippen molar-refractivity contribution >= 4 is 10.1 Å². The van der Waals surface area contributed by atoms with Gasteiger partial charge in [-0.2, -0.15) is 8.42 Å².